The highest BCUT2D eigenvalue weighted by Gasteiger charge is 2.20. The maximum atomic E-state index is 11.6. The SMILES string of the molecule is CC(C)NC(=O)c1ccc(Cl)cc1[N+](=O)[O-]. The van der Waals surface area contributed by atoms with E-state index in [4.69, 9.17) is 11.6 Å². The van der Waals surface area contributed by atoms with E-state index in [0.717, 1.165) is 6.07 Å². The molecule has 86 valence electrons. The molecule has 0 heterocycles. The summed E-state index contributed by atoms with van der Waals surface area (Å²) in [5.41, 5.74) is -0.270. The molecule has 0 fully saturated rings. The summed E-state index contributed by atoms with van der Waals surface area (Å²) in [6.45, 7) is 3.55. The van der Waals surface area contributed by atoms with E-state index in [1.807, 2.05) is 0 Å². The number of benzene rings is 1. The third kappa shape index (κ3) is 2.93. The number of nitro benzene ring substituents is 1. The highest BCUT2D eigenvalue weighted by atomic mass is 35.5. The van der Waals surface area contributed by atoms with Crippen molar-refractivity contribution in [3.05, 3.63) is 38.9 Å². The van der Waals surface area contributed by atoms with Crippen LogP contribution >= 0.6 is 11.6 Å². The molecule has 0 aromatic heterocycles. The van der Waals surface area contributed by atoms with Crippen LogP contribution in [-0.4, -0.2) is 16.9 Å². The molecule has 1 N–H and O–H groups in total. The molecule has 0 aliphatic rings. The normalized spacial score (nSPS) is 10.2. The Bertz CT molecular complexity index is 432. The Labute approximate surface area is 97.6 Å². The summed E-state index contributed by atoms with van der Waals surface area (Å²) in [7, 11) is 0. The Morgan fingerprint density at radius 3 is 2.62 bits per heavy atom. The molecule has 1 aromatic rings. The lowest BCUT2D eigenvalue weighted by Crippen LogP contribution is -2.30. The van der Waals surface area contributed by atoms with E-state index in [1.165, 1.54) is 12.1 Å². The molecule has 0 bridgehead atoms. The molecule has 6 heteroatoms. The van der Waals surface area contributed by atoms with Crippen molar-refractivity contribution in [2.24, 2.45) is 0 Å². The molecule has 0 radical (unpaired) electrons. The van der Waals surface area contributed by atoms with Crippen molar-refractivity contribution in [1.29, 1.82) is 0 Å². The molecular formula is C10H11ClN2O3. The van der Waals surface area contributed by atoms with Gasteiger partial charge in [0.05, 0.1) is 4.92 Å². The van der Waals surface area contributed by atoms with E-state index in [2.05, 4.69) is 5.32 Å². The molecule has 1 amide bonds. The van der Waals surface area contributed by atoms with Crippen LogP contribution in [0.4, 0.5) is 5.69 Å². The Hall–Kier alpha value is -1.62. The lowest BCUT2D eigenvalue weighted by atomic mass is 10.1. The van der Waals surface area contributed by atoms with Crippen LogP contribution in [0.15, 0.2) is 18.2 Å². The number of amides is 1. The maximum absolute atomic E-state index is 11.6. The van der Waals surface area contributed by atoms with E-state index >= 15 is 0 Å². The van der Waals surface area contributed by atoms with Crippen LogP contribution in [0.2, 0.25) is 5.02 Å². The van der Waals surface area contributed by atoms with Crippen LogP contribution < -0.4 is 5.32 Å². The second-order valence-corrected chi connectivity index (χ2v) is 3.98. The second kappa shape index (κ2) is 4.94. The summed E-state index contributed by atoms with van der Waals surface area (Å²) in [4.78, 5) is 21.7. The van der Waals surface area contributed by atoms with Crippen LogP contribution in [0.1, 0.15) is 24.2 Å². The van der Waals surface area contributed by atoms with E-state index < -0.39 is 10.8 Å². The molecule has 0 saturated carbocycles. The highest BCUT2D eigenvalue weighted by molar-refractivity contribution is 6.31. The van der Waals surface area contributed by atoms with Crippen molar-refractivity contribution in [3.63, 3.8) is 0 Å². The number of carbonyl (C=O) groups excluding carboxylic acids is 1. The number of nitro groups is 1. The van der Waals surface area contributed by atoms with Crippen molar-refractivity contribution >= 4 is 23.2 Å². The minimum Gasteiger partial charge on any atom is -0.350 e. The first-order chi connectivity index (χ1) is 7.41. The van der Waals surface area contributed by atoms with Gasteiger partial charge in [0.2, 0.25) is 0 Å². The zero-order valence-corrected chi connectivity index (χ0v) is 9.62. The van der Waals surface area contributed by atoms with Gasteiger partial charge >= 0.3 is 0 Å². The van der Waals surface area contributed by atoms with Gasteiger partial charge in [0.25, 0.3) is 11.6 Å². The van der Waals surface area contributed by atoms with Crippen LogP contribution in [0.25, 0.3) is 0 Å². The standard InChI is InChI=1S/C10H11ClN2O3/c1-6(2)12-10(14)8-4-3-7(11)5-9(8)13(15)16/h3-6H,1-2H3,(H,12,14). The molecule has 0 aliphatic carbocycles. The zero-order chi connectivity index (χ0) is 12.3. The van der Waals surface area contributed by atoms with Gasteiger partial charge in [0.1, 0.15) is 5.56 Å². The summed E-state index contributed by atoms with van der Waals surface area (Å²) in [6, 6.07) is 3.88. The average molecular weight is 243 g/mol. The van der Waals surface area contributed by atoms with E-state index in [9.17, 15) is 14.9 Å². The van der Waals surface area contributed by atoms with Crippen LogP contribution in [0, 0.1) is 10.1 Å². The van der Waals surface area contributed by atoms with Gasteiger partial charge in [0.15, 0.2) is 0 Å². The lowest BCUT2D eigenvalue weighted by Gasteiger charge is -2.08. The van der Waals surface area contributed by atoms with E-state index in [1.54, 1.807) is 13.8 Å². The molecule has 0 saturated heterocycles. The fourth-order valence-electron chi connectivity index (χ4n) is 1.19. The third-order valence-corrected chi connectivity index (χ3v) is 2.06. The number of nitrogens with zero attached hydrogens (tertiary/aromatic N) is 1. The number of rotatable bonds is 3. The molecule has 0 unspecified atom stereocenters. The number of halogens is 1. The monoisotopic (exact) mass is 242 g/mol. The van der Waals surface area contributed by atoms with E-state index in [-0.39, 0.29) is 22.3 Å². The van der Waals surface area contributed by atoms with Crippen molar-refractivity contribution in [2.45, 2.75) is 19.9 Å². The van der Waals surface area contributed by atoms with Crippen molar-refractivity contribution in [2.75, 3.05) is 0 Å². The van der Waals surface area contributed by atoms with Gasteiger partial charge in [0, 0.05) is 17.1 Å². The quantitative estimate of drug-likeness (QED) is 0.653. The number of nitrogens with one attached hydrogen (secondary N) is 1. The first-order valence-corrected chi connectivity index (χ1v) is 5.04. The highest BCUT2D eigenvalue weighted by Crippen LogP contribution is 2.23. The van der Waals surface area contributed by atoms with Crippen LogP contribution in [0.3, 0.4) is 0 Å². The third-order valence-electron chi connectivity index (χ3n) is 1.82. The fraction of sp³-hybridized carbons (Fsp3) is 0.300. The minimum atomic E-state index is -0.624. The molecule has 16 heavy (non-hydrogen) atoms. The van der Waals surface area contributed by atoms with Gasteiger partial charge in [-0.1, -0.05) is 11.6 Å². The van der Waals surface area contributed by atoms with Crippen molar-refractivity contribution in [3.8, 4) is 0 Å². The van der Waals surface area contributed by atoms with Gasteiger partial charge in [-0.2, -0.15) is 0 Å². The van der Waals surface area contributed by atoms with Crippen molar-refractivity contribution < 1.29 is 9.72 Å². The largest absolute Gasteiger partial charge is 0.350 e. The van der Waals surface area contributed by atoms with Crippen LogP contribution in [-0.2, 0) is 0 Å². The topological polar surface area (TPSA) is 72.2 Å². The van der Waals surface area contributed by atoms with Gasteiger partial charge in [-0.15, -0.1) is 0 Å². The van der Waals surface area contributed by atoms with Crippen LogP contribution in [0.5, 0.6) is 0 Å². The average Bonchev–Trinajstić information content (AvgIpc) is 2.16. The summed E-state index contributed by atoms with van der Waals surface area (Å²) < 4.78 is 0. The first-order valence-electron chi connectivity index (χ1n) is 4.66. The summed E-state index contributed by atoms with van der Waals surface area (Å²) >= 11 is 5.64. The van der Waals surface area contributed by atoms with Crippen molar-refractivity contribution in [1.82, 2.24) is 5.32 Å². The maximum Gasteiger partial charge on any atom is 0.283 e. The summed E-state index contributed by atoms with van der Waals surface area (Å²) in [6.07, 6.45) is 0. The van der Waals surface area contributed by atoms with E-state index in [0.29, 0.717) is 0 Å². The smallest absolute Gasteiger partial charge is 0.283 e. The van der Waals surface area contributed by atoms with Gasteiger partial charge < -0.3 is 5.32 Å². The molecule has 1 rings (SSSR count). The molecule has 1 aromatic carbocycles. The number of carbonyl (C=O) groups is 1. The summed E-state index contributed by atoms with van der Waals surface area (Å²) in [5.74, 6) is -0.474. The minimum absolute atomic E-state index is 0.0168. The summed E-state index contributed by atoms with van der Waals surface area (Å²) in [5, 5.41) is 13.5. The Balaban J connectivity index is 3.12. The predicted octanol–water partition coefficient (Wildman–Crippen LogP) is 2.39. The molecular weight excluding hydrogens is 232 g/mol. The molecule has 0 spiro atoms. The fourth-order valence-corrected chi connectivity index (χ4v) is 1.35. The number of hydrogen-bond donors (Lipinski definition) is 1. The predicted molar refractivity (Wildman–Crippen MR) is 60.7 cm³/mol. The van der Waals surface area contributed by atoms with Gasteiger partial charge in [-0.05, 0) is 26.0 Å². The lowest BCUT2D eigenvalue weighted by molar-refractivity contribution is -0.385. The number of hydrogen-bond acceptors (Lipinski definition) is 3. The molecule has 5 nitrogen and oxygen atoms in total. The Morgan fingerprint density at radius 1 is 1.50 bits per heavy atom. The first kappa shape index (κ1) is 12.4. The van der Waals surface area contributed by atoms with Gasteiger partial charge in [-0.25, -0.2) is 0 Å². The molecule has 0 aliphatic heterocycles. The van der Waals surface area contributed by atoms with Gasteiger partial charge in [-0.3, -0.25) is 14.9 Å². The second-order valence-electron chi connectivity index (χ2n) is 3.55. The molecule has 0 atom stereocenters. The Kier molecular flexibility index (Phi) is 3.84. The Morgan fingerprint density at radius 2 is 2.12 bits per heavy atom. The zero-order valence-electron chi connectivity index (χ0n) is 8.86.